The summed E-state index contributed by atoms with van der Waals surface area (Å²) in [6.45, 7) is 1.60. The molecule has 0 saturated heterocycles. The largest absolute Gasteiger partial charge is 0.496 e. The van der Waals surface area contributed by atoms with Crippen molar-refractivity contribution in [2.75, 3.05) is 20.2 Å². The lowest BCUT2D eigenvalue weighted by molar-refractivity contribution is 0.409. The Morgan fingerprint density at radius 3 is 2.43 bits per heavy atom. The molecule has 0 amide bonds. The van der Waals surface area contributed by atoms with Crippen molar-refractivity contribution in [3.63, 3.8) is 0 Å². The smallest absolute Gasteiger partial charge is 0.166 e. The number of methoxy groups -OCH3 is 1. The van der Waals surface area contributed by atoms with Crippen LogP contribution in [0, 0.1) is 0 Å². The van der Waals surface area contributed by atoms with Gasteiger partial charge in [-0.05, 0) is 54.4 Å². The molecule has 23 heavy (non-hydrogen) atoms. The highest BCUT2D eigenvalue weighted by Crippen LogP contribution is 2.23. The molecule has 0 fully saturated rings. The highest BCUT2D eigenvalue weighted by Gasteiger charge is 2.04. The van der Waals surface area contributed by atoms with Gasteiger partial charge < -0.3 is 15.4 Å². The Morgan fingerprint density at radius 1 is 1.04 bits per heavy atom. The Labute approximate surface area is 151 Å². The number of thiocarbonyl (C=S) groups is 1. The first-order valence-electron chi connectivity index (χ1n) is 7.57. The van der Waals surface area contributed by atoms with Gasteiger partial charge in [-0.15, -0.1) is 0 Å². The molecule has 2 aromatic carbocycles. The summed E-state index contributed by atoms with van der Waals surface area (Å²) in [5.41, 5.74) is 2.46. The van der Waals surface area contributed by atoms with Crippen LogP contribution in [-0.4, -0.2) is 25.3 Å². The fourth-order valence-electron chi connectivity index (χ4n) is 2.28. The minimum absolute atomic E-state index is 0.690. The molecule has 0 aromatic heterocycles. The quantitative estimate of drug-likeness (QED) is 0.703. The molecule has 3 nitrogen and oxygen atoms in total. The standard InChI is InChI=1S/C18H21BrN2OS/c1-22-17-8-7-16(19)13-15(17)10-12-21-18(23)20-11-9-14-5-3-2-4-6-14/h2-8,13H,9-12H2,1H3,(H2,20,21,23). The van der Waals surface area contributed by atoms with Crippen molar-refractivity contribution in [3.8, 4) is 5.75 Å². The Kier molecular flexibility index (Phi) is 7.36. The summed E-state index contributed by atoms with van der Waals surface area (Å²) in [7, 11) is 1.69. The summed E-state index contributed by atoms with van der Waals surface area (Å²) < 4.78 is 6.43. The van der Waals surface area contributed by atoms with Crippen molar-refractivity contribution in [1.29, 1.82) is 0 Å². The molecule has 0 heterocycles. The van der Waals surface area contributed by atoms with Crippen LogP contribution >= 0.6 is 28.1 Å². The van der Waals surface area contributed by atoms with Crippen LogP contribution in [0.3, 0.4) is 0 Å². The van der Waals surface area contributed by atoms with Crippen molar-refractivity contribution in [2.45, 2.75) is 12.8 Å². The first-order valence-corrected chi connectivity index (χ1v) is 8.77. The number of ether oxygens (including phenoxy) is 1. The number of halogens is 1. The molecular weight excluding hydrogens is 372 g/mol. The number of nitrogens with one attached hydrogen (secondary N) is 2. The van der Waals surface area contributed by atoms with Crippen LogP contribution in [0.25, 0.3) is 0 Å². The molecule has 122 valence electrons. The van der Waals surface area contributed by atoms with Crippen LogP contribution in [0.4, 0.5) is 0 Å². The van der Waals surface area contributed by atoms with E-state index in [9.17, 15) is 0 Å². The van der Waals surface area contributed by atoms with Gasteiger partial charge in [0.1, 0.15) is 5.75 Å². The lowest BCUT2D eigenvalue weighted by Crippen LogP contribution is -2.37. The molecule has 0 aliphatic rings. The predicted molar refractivity (Wildman–Crippen MR) is 103 cm³/mol. The number of rotatable bonds is 7. The van der Waals surface area contributed by atoms with Gasteiger partial charge in [0.05, 0.1) is 7.11 Å². The fourth-order valence-corrected chi connectivity index (χ4v) is 2.89. The molecule has 0 radical (unpaired) electrons. The van der Waals surface area contributed by atoms with E-state index in [1.165, 1.54) is 5.56 Å². The topological polar surface area (TPSA) is 33.3 Å². The zero-order valence-corrected chi connectivity index (χ0v) is 15.5. The number of hydrogen-bond donors (Lipinski definition) is 2. The van der Waals surface area contributed by atoms with Crippen molar-refractivity contribution < 1.29 is 4.74 Å². The minimum atomic E-state index is 0.690. The average molecular weight is 393 g/mol. The molecule has 0 aliphatic carbocycles. The predicted octanol–water partition coefficient (Wildman–Crippen LogP) is 3.71. The first-order chi connectivity index (χ1) is 11.2. The van der Waals surface area contributed by atoms with Crippen molar-refractivity contribution in [1.82, 2.24) is 10.6 Å². The molecule has 2 aromatic rings. The van der Waals surface area contributed by atoms with E-state index in [1.54, 1.807) is 7.11 Å². The summed E-state index contributed by atoms with van der Waals surface area (Å²) in [6, 6.07) is 16.4. The van der Waals surface area contributed by atoms with Crippen molar-refractivity contribution in [3.05, 3.63) is 64.1 Å². The average Bonchev–Trinajstić information content (AvgIpc) is 2.56. The normalized spacial score (nSPS) is 10.2. The monoisotopic (exact) mass is 392 g/mol. The summed E-state index contributed by atoms with van der Waals surface area (Å²) in [5, 5.41) is 7.16. The van der Waals surface area contributed by atoms with E-state index in [-0.39, 0.29) is 0 Å². The highest BCUT2D eigenvalue weighted by atomic mass is 79.9. The molecule has 0 atom stereocenters. The molecule has 2 N–H and O–H groups in total. The lowest BCUT2D eigenvalue weighted by Gasteiger charge is -2.12. The number of benzene rings is 2. The van der Waals surface area contributed by atoms with E-state index in [1.807, 2.05) is 18.2 Å². The van der Waals surface area contributed by atoms with Gasteiger partial charge in [-0.3, -0.25) is 0 Å². The van der Waals surface area contributed by atoms with Gasteiger partial charge in [0.25, 0.3) is 0 Å². The molecule has 0 aliphatic heterocycles. The minimum Gasteiger partial charge on any atom is -0.496 e. The van der Waals surface area contributed by atoms with Crippen LogP contribution in [0.1, 0.15) is 11.1 Å². The molecule has 0 unspecified atom stereocenters. The third-order valence-electron chi connectivity index (χ3n) is 3.46. The lowest BCUT2D eigenvalue weighted by atomic mass is 10.1. The number of hydrogen-bond acceptors (Lipinski definition) is 2. The van der Waals surface area contributed by atoms with Gasteiger partial charge in [0, 0.05) is 17.6 Å². The van der Waals surface area contributed by atoms with Crippen LogP contribution in [0.2, 0.25) is 0 Å². The van der Waals surface area contributed by atoms with E-state index in [0.717, 1.165) is 41.7 Å². The second kappa shape index (κ2) is 9.53. The van der Waals surface area contributed by atoms with E-state index in [0.29, 0.717) is 5.11 Å². The van der Waals surface area contributed by atoms with Crippen LogP contribution in [-0.2, 0) is 12.8 Å². The third kappa shape index (κ3) is 6.20. The molecule has 0 spiro atoms. The second-order valence-electron chi connectivity index (χ2n) is 5.12. The van der Waals surface area contributed by atoms with Crippen molar-refractivity contribution in [2.24, 2.45) is 0 Å². The van der Waals surface area contributed by atoms with Gasteiger partial charge in [-0.2, -0.15) is 0 Å². The Bertz CT molecular complexity index is 634. The second-order valence-corrected chi connectivity index (χ2v) is 6.45. The maximum atomic E-state index is 5.37. The van der Waals surface area contributed by atoms with Crippen LogP contribution in [0.15, 0.2) is 53.0 Å². The van der Waals surface area contributed by atoms with E-state index >= 15 is 0 Å². The molecular formula is C18H21BrN2OS. The molecule has 0 bridgehead atoms. The maximum Gasteiger partial charge on any atom is 0.166 e. The van der Waals surface area contributed by atoms with Gasteiger partial charge in [-0.25, -0.2) is 0 Å². The summed E-state index contributed by atoms with van der Waals surface area (Å²) in [5.74, 6) is 0.901. The highest BCUT2D eigenvalue weighted by molar-refractivity contribution is 9.10. The van der Waals surface area contributed by atoms with Gasteiger partial charge in [-0.1, -0.05) is 46.3 Å². The van der Waals surface area contributed by atoms with Crippen LogP contribution in [0.5, 0.6) is 5.75 Å². The van der Waals surface area contributed by atoms with Crippen LogP contribution < -0.4 is 15.4 Å². The SMILES string of the molecule is COc1ccc(Br)cc1CCNC(=S)NCCc1ccccc1. The molecule has 0 saturated carbocycles. The fraction of sp³-hybridized carbons (Fsp3) is 0.278. The maximum absolute atomic E-state index is 5.37. The molecule has 5 heteroatoms. The van der Waals surface area contributed by atoms with Gasteiger partial charge in [0.15, 0.2) is 5.11 Å². The van der Waals surface area contributed by atoms with E-state index in [2.05, 4.69) is 56.9 Å². The third-order valence-corrected chi connectivity index (χ3v) is 4.25. The summed E-state index contributed by atoms with van der Waals surface area (Å²) in [6.07, 6.45) is 1.81. The zero-order chi connectivity index (χ0) is 16.5. The summed E-state index contributed by atoms with van der Waals surface area (Å²) in [4.78, 5) is 0. The van der Waals surface area contributed by atoms with Crippen molar-refractivity contribution >= 4 is 33.3 Å². The molecule has 2 rings (SSSR count). The Morgan fingerprint density at radius 2 is 1.74 bits per heavy atom. The Balaban J connectivity index is 1.70. The van der Waals surface area contributed by atoms with E-state index < -0.39 is 0 Å². The summed E-state index contributed by atoms with van der Waals surface area (Å²) >= 11 is 8.80. The zero-order valence-electron chi connectivity index (χ0n) is 13.1. The van der Waals surface area contributed by atoms with Gasteiger partial charge >= 0.3 is 0 Å². The Hall–Kier alpha value is -1.59. The van der Waals surface area contributed by atoms with Gasteiger partial charge in [0.2, 0.25) is 0 Å². The first kappa shape index (κ1) is 17.8. The van der Waals surface area contributed by atoms with E-state index in [4.69, 9.17) is 17.0 Å².